The van der Waals surface area contributed by atoms with Crippen molar-refractivity contribution in [3.05, 3.63) is 95.1 Å². The van der Waals surface area contributed by atoms with E-state index in [1.807, 2.05) is 80.6 Å². The first-order valence-corrected chi connectivity index (χ1v) is 12.6. The summed E-state index contributed by atoms with van der Waals surface area (Å²) in [6.07, 6.45) is 2.13. The van der Waals surface area contributed by atoms with Gasteiger partial charge in [-0.3, -0.25) is 9.59 Å². The molecule has 1 N–H and O–H groups in total. The Morgan fingerprint density at radius 1 is 0.917 bits per heavy atom. The van der Waals surface area contributed by atoms with Crippen LogP contribution in [0.5, 0.6) is 11.5 Å². The van der Waals surface area contributed by atoms with Crippen molar-refractivity contribution in [2.24, 2.45) is 0 Å². The predicted octanol–water partition coefficient (Wildman–Crippen LogP) is 4.82. The molecule has 0 aromatic heterocycles. The van der Waals surface area contributed by atoms with Crippen molar-refractivity contribution >= 4 is 11.8 Å². The van der Waals surface area contributed by atoms with Gasteiger partial charge in [-0.25, -0.2) is 0 Å². The lowest BCUT2D eigenvalue weighted by Crippen LogP contribution is -2.50. The van der Waals surface area contributed by atoms with E-state index >= 15 is 0 Å². The number of benzene rings is 3. The molecule has 3 aromatic carbocycles. The van der Waals surface area contributed by atoms with Crippen molar-refractivity contribution in [1.29, 1.82) is 0 Å². The highest BCUT2D eigenvalue weighted by Gasteiger charge is 2.30. The molecule has 36 heavy (non-hydrogen) atoms. The van der Waals surface area contributed by atoms with Gasteiger partial charge in [-0.05, 0) is 48.6 Å². The SMILES string of the molecule is CCCNC(=O)[C@H](Cc1ccccc1)N(Cc1cccc(C)c1)C(=O)CCc1ccc2c(c1)OCO2. The Labute approximate surface area is 213 Å². The van der Waals surface area contributed by atoms with Crippen molar-refractivity contribution in [2.75, 3.05) is 13.3 Å². The summed E-state index contributed by atoms with van der Waals surface area (Å²) in [5, 5.41) is 3.02. The molecule has 0 saturated carbocycles. The minimum atomic E-state index is -0.608. The standard InChI is InChI=1S/C30H34N2O4/c1-3-16-31-30(34)26(18-23-9-5-4-6-10-23)32(20-25-11-7-8-22(2)17-25)29(33)15-13-24-12-14-27-28(19-24)36-21-35-27/h4-12,14,17,19,26H,3,13,15-16,18,20-21H2,1-2H3,(H,31,34)/t26-/m0/s1. The van der Waals surface area contributed by atoms with E-state index in [4.69, 9.17) is 9.47 Å². The van der Waals surface area contributed by atoms with E-state index in [1.54, 1.807) is 4.90 Å². The molecule has 0 unspecified atom stereocenters. The second-order valence-corrected chi connectivity index (χ2v) is 9.19. The quantitative estimate of drug-likeness (QED) is 0.422. The molecular weight excluding hydrogens is 452 g/mol. The first-order chi connectivity index (χ1) is 17.5. The number of ether oxygens (including phenoxy) is 2. The molecule has 0 bridgehead atoms. The second-order valence-electron chi connectivity index (χ2n) is 9.19. The Bertz CT molecular complexity index is 1180. The molecule has 1 aliphatic heterocycles. The van der Waals surface area contributed by atoms with Crippen LogP contribution in [0.15, 0.2) is 72.8 Å². The molecule has 0 radical (unpaired) electrons. The van der Waals surface area contributed by atoms with E-state index in [0.29, 0.717) is 31.7 Å². The fourth-order valence-corrected chi connectivity index (χ4v) is 4.42. The average Bonchev–Trinajstić information content (AvgIpc) is 3.36. The summed E-state index contributed by atoms with van der Waals surface area (Å²) in [5.74, 6) is 1.26. The van der Waals surface area contributed by atoms with Crippen molar-refractivity contribution in [3.8, 4) is 11.5 Å². The molecule has 6 heteroatoms. The van der Waals surface area contributed by atoms with Gasteiger partial charge in [0.2, 0.25) is 18.6 Å². The maximum atomic E-state index is 13.7. The molecule has 0 fully saturated rings. The fraction of sp³-hybridized carbons (Fsp3) is 0.333. The van der Waals surface area contributed by atoms with E-state index < -0.39 is 6.04 Å². The van der Waals surface area contributed by atoms with Gasteiger partial charge in [0.15, 0.2) is 11.5 Å². The fourth-order valence-electron chi connectivity index (χ4n) is 4.42. The summed E-state index contributed by atoms with van der Waals surface area (Å²) >= 11 is 0. The van der Waals surface area contributed by atoms with Gasteiger partial charge in [-0.15, -0.1) is 0 Å². The Balaban J connectivity index is 1.58. The molecule has 0 aliphatic carbocycles. The van der Waals surface area contributed by atoms with Crippen molar-refractivity contribution in [2.45, 2.75) is 52.1 Å². The van der Waals surface area contributed by atoms with E-state index in [2.05, 4.69) is 11.4 Å². The lowest BCUT2D eigenvalue weighted by Gasteiger charge is -2.32. The lowest BCUT2D eigenvalue weighted by atomic mass is 10.0. The molecule has 2 amide bonds. The van der Waals surface area contributed by atoms with Crippen LogP contribution in [0.2, 0.25) is 0 Å². The molecule has 188 valence electrons. The molecule has 1 atom stereocenters. The number of fused-ring (bicyclic) bond motifs is 1. The molecular formula is C30H34N2O4. The Morgan fingerprint density at radius 2 is 1.69 bits per heavy atom. The molecule has 0 spiro atoms. The molecule has 3 aromatic rings. The average molecular weight is 487 g/mol. The number of hydrogen-bond acceptors (Lipinski definition) is 4. The molecule has 4 rings (SSSR count). The van der Waals surface area contributed by atoms with Gasteiger partial charge in [-0.1, -0.05) is 73.2 Å². The van der Waals surface area contributed by atoms with E-state index in [9.17, 15) is 9.59 Å². The van der Waals surface area contributed by atoms with Gasteiger partial charge in [0, 0.05) is 25.9 Å². The zero-order valence-corrected chi connectivity index (χ0v) is 21.0. The topological polar surface area (TPSA) is 67.9 Å². The van der Waals surface area contributed by atoms with Crippen LogP contribution in [0.1, 0.15) is 42.0 Å². The van der Waals surface area contributed by atoms with Gasteiger partial charge >= 0.3 is 0 Å². The van der Waals surface area contributed by atoms with Crippen LogP contribution in [-0.4, -0.2) is 36.1 Å². The minimum absolute atomic E-state index is 0.0539. The number of nitrogens with one attached hydrogen (secondary N) is 1. The van der Waals surface area contributed by atoms with E-state index in [0.717, 1.165) is 34.4 Å². The van der Waals surface area contributed by atoms with Gasteiger partial charge in [-0.2, -0.15) is 0 Å². The van der Waals surface area contributed by atoms with Crippen LogP contribution in [0, 0.1) is 6.92 Å². The number of carbonyl (C=O) groups excluding carboxylic acids is 2. The Kier molecular flexibility index (Phi) is 8.61. The predicted molar refractivity (Wildman–Crippen MR) is 140 cm³/mol. The molecule has 1 heterocycles. The summed E-state index contributed by atoms with van der Waals surface area (Å²) in [6, 6.07) is 23.1. The number of nitrogens with zero attached hydrogens (tertiary/aromatic N) is 1. The van der Waals surface area contributed by atoms with E-state index in [-0.39, 0.29) is 25.0 Å². The lowest BCUT2D eigenvalue weighted by molar-refractivity contribution is -0.141. The van der Waals surface area contributed by atoms with Gasteiger partial charge in [0.05, 0.1) is 0 Å². The summed E-state index contributed by atoms with van der Waals surface area (Å²) in [4.78, 5) is 28.9. The van der Waals surface area contributed by atoms with Crippen LogP contribution in [0.3, 0.4) is 0 Å². The number of hydrogen-bond donors (Lipinski definition) is 1. The number of rotatable bonds is 11. The molecule has 1 aliphatic rings. The van der Waals surface area contributed by atoms with Crippen LogP contribution < -0.4 is 14.8 Å². The highest BCUT2D eigenvalue weighted by Crippen LogP contribution is 2.33. The maximum Gasteiger partial charge on any atom is 0.243 e. The summed E-state index contributed by atoms with van der Waals surface area (Å²) < 4.78 is 10.9. The summed E-state index contributed by atoms with van der Waals surface area (Å²) in [7, 11) is 0. The third kappa shape index (κ3) is 6.66. The Hall–Kier alpha value is -3.80. The third-order valence-electron chi connectivity index (χ3n) is 6.32. The number of aryl methyl sites for hydroxylation is 2. The van der Waals surface area contributed by atoms with Crippen LogP contribution >= 0.6 is 0 Å². The minimum Gasteiger partial charge on any atom is -0.454 e. The van der Waals surface area contributed by atoms with Crippen molar-refractivity contribution in [3.63, 3.8) is 0 Å². The maximum absolute atomic E-state index is 13.7. The smallest absolute Gasteiger partial charge is 0.243 e. The van der Waals surface area contributed by atoms with Gasteiger partial charge in [0.25, 0.3) is 0 Å². The van der Waals surface area contributed by atoms with Crippen LogP contribution in [0.4, 0.5) is 0 Å². The normalized spacial score (nSPS) is 12.7. The highest BCUT2D eigenvalue weighted by molar-refractivity contribution is 5.88. The molecule has 6 nitrogen and oxygen atoms in total. The van der Waals surface area contributed by atoms with E-state index in [1.165, 1.54) is 0 Å². The monoisotopic (exact) mass is 486 g/mol. The zero-order chi connectivity index (χ0) is 25.3. The van der Waals surface area contributed by atoms with Gasteiger partial charge in [0.1, 0.15) is 6.04 Å². The van der Waals surface area contributed by atoms with Crippen LogP contribution in [-0.2, 0) is 29.0 Å². The first kappa shape index (κ1) is 25.3. The van der Waals surface area contributed by atoms with Crippen molar-refractivity contribution in [1.82, 2.24) is 10.2 Å². The number of carbonyl (C=O) groups is 2. The summed E-state index contributed by atoms with van der Waals surface area (Å²) in [6.45, 7) is 5.22. The van der Waals surface area contributed by atoms with Crippen LogP contribution in [0.25, 0.3) is 0 Å². The number of amides is 2. The highest BCUT2D eigenvalue weighted by atomic mass is 16.7. The molecule has 0 saturated heterocycles. The van der Waals surface area contributed by atoms with Crippen molar-refractivity contribution < 1.29 is 19.1 Å². The Morgan fingerprint density at radius 3 is 2.47 bits per heavy atom. The zero-order valence-electron chi connectivity index (χ0n) is 21.0. The largest absolute Gasteiger partial charge is 0.454 e. The second kappa shape index (κ2) is 12.2. The summed E-state index contributed by atoms with van der Waals surface area (Å²) in [5.41, 5.74) is 4.15. The third-order valence-corrected chi connectivity index (χ3v) is 6.32. The van der Waals surface area contributed by atoms with Gasteiger partial charge < -0.3 is 19.7 Å². The first-order valence-electron chi connectivity index (χ1n) is 12.6.